The molecule has 1 aliphatic heterocycles. The van der Waals surface area contributed by atoms with Crippen LogP contribution in [0.5, 0.6) is 5.75 Å². The highest BCUT2D eigenvalue weighted by Gasteiger charge is 2.33. The maximum atomic E-state index is 13.6. The Morgan fingerprint density at radius 3 is 2.41 bits per heavy atom. The molecule has 0 N–H and O–H groups in total. The van der Waals surface area contributed by atoms with Gasteiger partial charge in [0.05, 0.1) is 35.6 Å². The number of esters is 1. The molecule has 2 aromatic carbocycles. The first-order chi connectivity index (χ1) is 16.3. The van der Waals surface area contributed by atoms with E-state index in [1.54, 1.807) is 25.5 Å². The number of methoxy groups -OCH3 is 1. The van der Waals surface area contributed by atoms with E-state index < -0.39 is 12.0 Å². The molecule has 2 heterocycles. The number of hydrogen-bond donors (Lipinski definition) is 0. The zero-order valence-electron chi connectivity index (χ0n) is 19.9. The fraction of sp³-hybridized carbons (Fsp3) is 0.269. The number of hydrogen-bond acceptors (Lipinski definition) is 7. The van der Waals surface area contributed by atoms with E-state index in [1.165, 1.54) is 11.3 Å². The SMILES string of the molecule is CCOC(=O)C1=C(C)N=c2s/c(=C/c3ccc(OC)cc3)c(=O)n2[C@H]1c1ccc(N(C)C)cc1. The van der Waals surface area contributed by atoms with Crippen molar-refractivity contribution >= 4 is 29.1 Å². The van der Waals surface area contributed by atoms with E-state index >= 15 is 0 Å². The molecule has 1 aliphatic rings. The fourth-order valence-electron chi connectivity index (χ4n) is 3.91. The Kier molecular flexibility index (Phi) is 6.70. The van der Waals surface area contributed by atoms with Crippen LogP contribution >= 0.6 is 11.3 Å². The van der Waals surface area contributed by atoms with Crippen molar-refractivity contribution in [2.24, 2.45) is 4.99 Å². The Labute approximate surface area is 201 Å². The number of ether oxygens (including phenoxy) is 2. The van der Waals surface area contributed by atoms with E-state index in [0.717, 1.165) is 22.6 Å². The normalized spacial score (nSPS) is 15.6. The third-order valence-corrected chi connectivity index (χ3v) is 6.64. The second kappa shape index (κ2) is 9.69. The summed E-state index contributed by atoms with van der Waals surface area (Å²) >= 11 is 1.31. The first kappa shape index (κ1) is 23.5. The van der Waals surface area contributed by atoms with Gasteiger partial charge in [0.1, 0.15) is 5.75 Å². The molecule has 7 nitrogen and oxygen atoms in total. The summed E-state index contributed by atoms with van der Waals surface area (Å²) in [6, 6.07) is 14.7. The number of rotatable bonds is 6. The third kappa shape index (κ3) is 4.41. The lowest BCUT2D eigenvalue weighted by molar-refractivity contribution is -0.139. The molecular weight excluding hydrogens is 450 g/mol. The van der Waals surface area contributed by atoms with Gasteiger partial charge in [0, 0.05) is 19.8 Å². The van der Waals surface area contributed by atoms with Crippen LogP contribution in [0.25, 0.3) is 6.08 Å². The van der Waals surface area contributed by atoms with E-state index in [4.69, 9.17) is 9.47 Å². The number of benzene rings is 2. The number of allylic oxidation sites excluding steroid dienone is 1. The van der Waals surface area contributed by atoms with Gasteiger partial charge in [0.2, 0.25) is 0 Å². The van der Waals surface area contributed by atoms with Gasteiger partial charge in [-0.3, -0.25) is 9.36 Å². The molecule has 0 radical (unpaired) electrons. The van der Waals surface area contributed by atoms with Crippen molar-refractivity contribution in [3.8, 4) is 5.75 Å². The van der Waals surface area contributed by atoms with Crippen molar-refractivity contribution in [3.63, 3.8) is 0 Å². The fourth-order valence-corrected chi connectivity index (χ4v) is 4.96. The second-order valence-corrected chi connectivity index (χ2v) is 9.07. The summed E-state index contributed by atoms with van der Waals surface area (Å²) in [5, 5.41) is 0. The molecule has 0 bridgehead atoms. The molecule has 4 rings (SSSR count). The minimum absolute atomic E-state index is 0.199. The van der Waals surface area contributed by atoms with Gasteiger partial charge in [-0.1, -0.05) is 35.6 Å². The van der Waals surface area contributed by atoms with Gasteiger partial charge >= 0.3 is 5.97 Å². The predicted octanol–water partition coefficient (Wildman–Crippen LogP) is 2.87. The molecule has 0 unspecified atom stereocenters. The van der Waals surface area contributed by atoms with Gasteiger partial charge in [0.25, 0.3) is 5.56 Å². The molecule has 0 fully saturated rings. The number of fused-ring (bicyclic) bond motifs is 1. The molecule has 8 heteroatoms. The highest BCUT2D eigenvalue weighted by Crippen LogP contribution is 2.31. The topological polar surface area (TPSA) is 73.1 Å². The number of thiazole rings is 1. The highest BCUT2D eigenvalue weighted by atomic mass is 32.1. The summed E-state index contributed by atoms with van der Waals surface area (Å²) < 4.78 is 12.7. The first-order valence-electron chi connectivity index (χ1n) is 10.9. The summed E-state index contributed by atoms with van der Waals surface area (Å²) in [5.41, 5.74) is 3.45. The van der Waals surface area contributed by atoms with Crippen LogP contribution in [0.15, 0.2) is 69.6 Å². The molecule has 1 atom stereocenters. The summed E-state index contributed by atoms with van der Waals surface area (Å²) in [6.07, 6.45) is 1.83. The van der Waals surface area contributed by atoms with Crippen molar-refractivity contribution < 1.29 is 14.3 Å². The Morgan fingerprint density at radius 2 is 1.82 bits per heavy atom. The Bertz CT molecular complexity index is 1410. The van der Waals surface area contributed by atoms with E-state index in [1.807, 2.05) is 73.6 Å². The van der Waals surface area contributed by atoms with Crippen LogP contribution in [0, 0.1) is 0 Å². The van der Waals surface area contributed by atoms with Gasteiger partial charge in [-0.05, 0) is 55.3 Å². The highest BCUT2D eigenvalue weighted by molar-refractivity contribution is 7.07. The number of aromatic nitrogens is 1. The molecule has 0 spiro atoms. The zero-order valence-corrected chi connectivity index (χ0v) is 20.7. The summed E-state index contributed by atoms with van der Waals surface area (Å²) in [7, 11) is 5.54. The van der Waals surface area contributed by atoms with Crippen molar-refractivity contribution in [2.45, 2.75) is 19.9 Å². The molecule has 1 aromatic heterocycles. The van der Waals surface area contributed by atoms with E-state index in [-0.39, 0.29) is 12.2 Å². The van der Waals surface area contributed by atoms with Gasteiger partial charge in [-0.2, -0.15) is 0 Å². The van der Waals surface area contributed by atoms with Crippen LogP contribution < -0.4 is 24.5 Å². The molecule has 3 aromatic rings. The molecule has 34 heavy (non-hydrogen) atoms. The van der Waals surface area contributed by atoms with Gasteiger partial charge in [-0.15, -0.1) is 0 Å². The van der Waals surface area contributed by atoms with Crippen LogP contribution in [0.2, 0.25) is 0 Å². The van der Waals surface area contributed by atoms with Gasteiger partial charge in [0.15, 0.2) is 4.80 Å². The largest absolute Gasteiger partial charge is 0.497 e. The molecule has 176 valence electrons. The number of carbonyl (C=O) groups excluding carboxylic acids is 1. The Balaban J connectivity index is 1.90. The monoisotopic (exact) mass is 477 g/mol. The maximum absolute atomic E-state index is 13.6. The quantitative estimate of drug-likeness (QED) is 0.511. The van der Waals surface area contributed by atoms with E-state index in [2.05, 4.69) is 4.99 Å². The molecular formula is C26H27N3O4S. The maximum Gasteiger partial charge on any atom is 0.338 e. The van der Waals surface area contributed by atoms with E-state index in [9.17, 15) is 9.59 Å². The van der Waals surface area contributed by atoms with Crippen LogP contribution in [0.4, 0.5) is 5.69 Å². The molecule has 0 saturated heterocycles. The van der Waals surface area contributed by atoms with Crippen molar-refractivity contribution in [3.05, 3.63) is 90.6 Å². The third-order valence-electron chi connectivity index (χ3n) is 5.66. The van der Waals surface area contributed by atoms with Crippen LogP contribution in [-0.4, -0.2) is 38.3 Å². The lowest BCUT2D eigenvalue weighted by Crippen LogP contribution is -2.39. The number of carbonyl (C=O) groups is 1. The lowest BCUT2D eigenvalue weighted by Gasteiger charge is -2.25. The van der Waals surface area contributed by atoms with Crippen molar-refractivity contribution in [2.75, 3.05) is 32.7 Å². The minimum atomic E-state index is -0.621. The number of anilines is 1. The van der Waals surface area contributed by atoms with Crippen LogP contribution in [0.3, 0.4) is 0 Å². The van der Waals surface area contributed by atoms with Crippen LogP contribution in [-0.2, 0) is 9.53 Å². The number of nitrogens with zero attached hydrogens (tertiary/aromatic N) is 3. The minimum Gasteiger partial charge on any atom is -0.497 e. The van der Waals surface area contributed by atoms with Gasteiger partial charge < -0.3 is 14.4 Å². The average molecular weight is 478 g/mol. The van der Waals surface area contributed by atoms with Crippen LogP contribution in [0.1, 0.15) is 31.0 Å². The molecule has 0 aliphatic carbocycles. The zero-order chi connectivity index (χ0) is 24.4. The lowest BCUT2D eigenvalue weighted by atomic mass is 9.95. The predicted molar refractivity (Wildman–Crippen MR) is 134 cm³/mol. The van der Waals surface area contributed by atoms with Gasteiger partial charge in [-0.25, -0.2) is 9.79 Å². The summed E-state index contributed by atoms with van der Waals surface area (Å²) in [6.45, 7) is 3.79. The van der Waals surface area contributed by atoms with Crippen molar-refractivity contribution in [1.29, 1.82) is 0 Å². The average Bonchev–Trinajstić information content (AvgIpc) is 3.13. The Morgan fingerprint density at radius 1 is 1.15 bits per heavy atom. The summed E-state index contributed by atoms with van der Waals surface area (Å²) in [5.74, 6) is 0.282. The summed E-state index contributed by atoms with van der Waals surface area (Å²) in [4.78, 5) is 33.7. The van der Waals surface area contributed by atoms with E-state index in [0.29, 0.717) is 20.6 Å². The Hall–Kier alpha value is -3.65. The smallest absolute Gasteiger partial charge is 0.338 e. The van der Waals surface area contributed by atoms with Crippen molar-refractivity contribution in [1.82, 2.24) is 4.57 Å². The first-order valence-corrected chi connectivity index (χ1v) is 11.8. The molecule has 0 amide bonds. The standard InChI is InChI=1S/C26H27N3O4S/c1-6-33-25(31)22-16(2)27-26-29(23(22)18-9-11-19(12-10-18)28(3)4)24(30)21(34-26)15-17-7-13-20(32-5)14-8-17/h7-15,23H,6H2,1-5H3/b21-15+/t23-/m0/s1. The second-order valence-electron chi connectivity index (χ2n) is 8.06. The molecule has 0 saturated carbocycles.